The van der Waals surface area contributed by atoms with E-state index in [0.29, 0.717) is 0 Å². The third-order valence-corrected chi connectivity index (χ3v) is 2.65. The average Bonchev–Trinajstić information content (AvgIpc) is 2.34. The van der Waals surface area contributed by atoms with Crippen LogP contribution in [0.15, 0.2) is 36.4 Å². The van der Waals surface area contributed by atoms with Crippen molar-refractivity contribution >= 4 is 6.08 Å². The molecule has 0 saturated heterocycles. The zero-order valence-corrected chi connectivity index (χ0v) is 9.93. The van der Waals surface area contributed by atoms with Gasteiger partial charge in [-0.1, -0.05) is 42.5 Å². The molecular weight excluding hydrogens is 236 g/mol. The molecule has 6 nitrogen and oxygen atoms in total. The molecule has 0 aliphatic carbocycles. The van der Waals surface area contributed by atoms with Crippen LogP contribution in [0.25, 0.3) is 6.08 Å². The van der Waals surface area contributed by atoms with Gasteiger partial charge in [0.2, 0.25) is 12.6 Å². The normalized spacial score (nSPS) is 14.3. The second-order valence-electron chi connectivity index (χ2n) is 3.97. The van der Waals surface area contributed by atoms with Crippen molar-refractivity contribution in [3.05, 3.63) is 62.2 Å². The molecular formula is C12H14N2O4. The van der Waals surface area contributed by atoms with E-state index in [9.17, 15) is 20.2 Å². The van der Waals surface area contributed by atoms with Gasteiger partial charge in [0.05, 0.1) is 0 Å². The van der Waals surface area contributed by atoms with Gasteiger partial charge in [0.25, 0.3) is 0 Å². The van der Waals surface area contributed by atoms with E-state index in [1.165, 1.54) is 13.0 Å². The first-order valence-electron chi connectivity index (χ1n) is 5.49. The lowest BCUT2D eigenvalue weighted by molar-refractivity contribution is -0.547. The fourth-order valence-electron chi connectivity index (χ4n) is 1.50. The van der Waals surface area contributed by atoms with Gasteiger partial charge in [-0.2, -0.15) is 0 Å². The molecule has 2 atom stereocenters. The van der Waals surface area contributed by atoms with Crippen molar-refractivity contribution < 1.29 is 9.85 Å². The highest BCUT2D eigenvalue weighted by Crippen LogP contribution is 2.12. The molecule has 0 radical (unpaired) electrons. The van der Waals surface area contributed by atoms with E-state index in [1.807, 2.05) is 30.3 Å². The van der Waals surface area contributed by atoms with Crippen molar-refractivity contribution in [2.75, 3.05) is 6.54 Å². The number of rotatable bonds is 6. The molecule has 0 N–H and O–H groups in total. The highest BCUT2D eigenvalue weighted by atomic mass is 16.6. The van der Waals surface area contributed by atoms with Gasteiger partial charge in [0.15, 0.2) is 0 Å². The Morgan fingerprint density at radius 1 is 1.22 bits per heavy atom. The molecule has 1 aromatic carbocycles. The summed E-state index contributed by atoms with van der Waals surface area (Å²) in [4.78, 5) is 20.2. The molecule has 0 spiro atoms. The van der Waals surface area contributed by atoms with E-state index in [2.05, 4.69) is 0 Å². The minimum absolute atomic E-state index is 0.439. The molecule has 1 rings (SSSR count). The maximum Gasteiger partial charge on any atom is 0.222 e. The molecule has 0 amide bonds. The number of nitrogens with zero attached hydrogens (tertiary/aromatic N) is 2. The van der Waals surface area contributed by atoms with Crippen LogP contribution in [-0.2, 0) is 0 Å². The van der Waals surface area contributed by atoms with Crippen molar-refractivity contribution in [1.82, 2.24) is 0 Å². The second-order valence-corrected chi connectivity index (χ2v) is 3.97. The van der Waals surface area contributed by atoms with Crippen molar-refractivity contribution in [3.63, 3.8) is 0 Å². The third-order valence-electron chi connectivity index (χ3n) is 2.65. The molecule has 0 aromatic heterocycles. The van der Waals surface area contributed by atoms with Crippen LogP contribution in [-0.4, -0.2) is 22.4 Å². The summed E-state index contributed by atoms with van der Waals surface area (Å²) in [6.07, 6.45) is 3.21. The summed E-state index contributed by atoms with van der Waals surface area (Å²) in [5, 5.41) is 21.2. The molecule has 0 saturated carbocycles. The standard InChI is InChI=1S/C12H14N2O4/c1-10(14(17)18)12(9-13(15)16)8-7-11-5-3-2-4-6-11/h2-8,10,12H,9H2,1H3/b8-7+/t10-,12-/m0/s1. The van der Waals surface area contributed by atoms with Crippen molar-refractivity contribution in [1.29, 1.82) is 0 Å². The topological polar surface area (TPSA) is 86.3 Å². The Balaban J connectivity index is 2.81. The predicted octanol–water partition coefficient (Wildman–Crippen LogP) is 2.26. The van der Waals surface area contributed by atoms with Gasteiger partial charge in [-0.25, -0.2) is 0 Å². The minimum atomic E-state index is -0.977. The maximum absolute atomic E-state index is 10.7. The fourth-order valence-corrected chi connectivity index (χ4v) is 1.50. The Hall–Kier alpha value is -2.24. The lowest BCUT2D eigenvalue weighted by atomic mass is 10.0. The summed E-state index contributed by atoms with van der Waals surface area (Å²) in [5.41, 5.74) is 0.862. The molecule has 0 aliphatic rings. The van der Waals surface area contributed by atoms with Crippen LogP contribution in [0.3, 0.4) is 0 Å². The second kappa shape index (κ2) is 6.48. The number of hydrogen-bond donors (Lipinski definition) is 0. The van der Waals surface area contributed by atoms with Gasteiger partial charge in [-0.3, -0.25) is 20.2 Å². The zero-order valence-electron chi connectivity index (χ0n) is 9.93. The van der Waals surface area contributed by atoms with E-state index in [4.69, 9.17) is 0 Å². The SMILES string of the molecule is C[C@@H]([C@@H](/C=C/c1ccccc1)C[N+](=O)[O-])[N+](=O)[O-]. The monoisotopic (exact) mass is 250 g/mol. The average molecular weight is 250 g/mol. The van der Waals surface area contributed by atoms with Crippen LogP contribution in [0.1, 0.15) is 12.5 Å². The Labute approximate surface area is 104 Å². The molecule has 18 heavy (non-hydrogen) atoms. The third kappa shape index (κ3) is 4.32. The summed E-state index contributed by atoms with van der Waals surface area (Å²) in [7, 11) is 0. The Bertz CT molecular complexity index is 445. The van der Waals surface area contributed by atoms with Gasteiger partial charge in [-0.05, 0) is 5.56 Å². The maximum atomic E-state index is 10.7. The summed E-state index contributed by atoms with van der Waals surface area (Å²) in [6, 6.07) is 8.20. The predicted molar refractivity (Wildman–Crippen MR) is 67.3 cm³/mol. The summed E-state index contributed by atoms with van der Waals surface area (Å²) < 4.78 is 0. The molecule has 0 bridgehead atoms. The van der Waals surface area contributed by atoms with Gasteiger partial charge in [0, 0.05) is 16.8 Å². The quantitative estimate of drug-likeness (QED) is 0.572. The van der Waals surface area contributed by atoms with Crippen LogP contribution in [0, 0.1) is 26.1 Å². The smallest absolute Gasteiger partial charge is 0.222 e. The lowest BCUT2D eigenvalue weighted by Crippen LogP contribution is -2.29. The largest absolute Gasteiger partial charge is 0.265 e. The van der Waals surface area contributed by atoms with Gasteiger partial charge >= 0.3 is 0 Å². The van der Waals surface area contributed by atoms with Crippen molar-refractivity contribution in [2.24, 2.45) is 5.92 Å². The molecule has 0 fully saturated rings. The molecule has 0 aliphatic heterocycles. The highest BCUT2D eigenvalue weighted by Gasteiger charge is 2.28. The molecule has 0 unspecified atom stereocenters. The Morgan fingerprint density at radius 2 is 1.83 bits per heavy atom. The first-order valence-corrected chi connectivity index (χ1v) is 5.49. The van der Waals surface area contributed by atoms with Crippen LogP contribution >= 0.6 is 0 Å². The van der Waals surface area contributed by atoms with Gasteiger partial charge < -0.3 is 0 Å². The van der Waals surface area contributed by atoms with Crippen molar-refractivity contribution in [3.8, 4) is 0 Å². The van der Waals surface area contributed by atoms with Gasteiger partial charge in [0.1, 0.15) is 5.92 Å². The molecule has 1 aromatic rings. The van der Waals surface area contributed by atoms with Crippen LogP contribution in [0.4, 0.5) is 0 Å². The highest BCUT2D eigenvalue weighted by molar-refractivity contribution is 5.49. The fraction of sp³-hybridized carbons (Fsp3) is 0.333. The first kappa shape index (κ1) is 13.8. The molecule has 0 heterocycles. The Kier molecular flexibility index (Phi) is 4.98. The minimum Gasteiger partial charge on any atom is -0.265 e. The van der Waals surface area contributed by atoms with Crippen LogP contribution < -0.4 is 0 Å². The first-order chi connectivity index (χ1) is 8.50. The van der Waals surface area contributed by atoms with E-state index in [1.54, 1.807) is 6.08 Å². The number of nitro groups is 2. The van der Waals surface area contributed by atoms with Crippen LogP contribution in [0.5, 0.6) is 0 Å². The summed E-state index contributed by atoms with van der Waals surface area (Å²) >= 11 is 0. The van der Waals surface area contributed by atoms with E-state index in [-0.39, 0.29) is 0 Å². The summed E-state index contributed by atoms with van der Waals surface area (Å²) in [6.45, 7) is 0.939. The van der Waals surface area contributed by atoms with E-state index in [0.717, 1.165) is 5.56 Å². The summed E-state index contributed by atoms with van der Waals surface area (Å²) in [5.74, 6) is -0.713. The molecule has 96 valence electrons. The van der Waals surface area contributed by atoms with Gasteiger partial charge in [-0.15, -0.1) is 0 Å². The van der Waals surface area contributed by atoms with Crippen LogP contribution in [0.2, 0.25) is 0 Å². The number of benzene rings is 1. The van der Waals surface area contributed by atoms with E-state index >= 15 is 0 Å². The van der Waals surface area contributed by atoms with E-state index < -0.39 is 28.4 Å². The Morgan fingerprint density at radius 3 is 2.33 bits per heavy atom. The lowest BCUT2D eigenvalue weighted by Gasteiger charge is -2.09. The van der Waals surface area contributed by atoms with Crippen molar-refractivity contribution in [2.45, 2.75) is 13.0 Å². The number of hydrogen-bond acceptors (Lipinski definition) is 4. The molecule has 6 heteroatoms. The zero-order chi connectivity index (χ0) is 13.5.